The van der Waals surface area contributed by atoms with Crippen LogP contribution in [0.15, 0.2) is 52.1 Å². The highest BCUT2D eigenvalue weighted by atomic mass is 79.9. The molecule has 36 heavy (non-hydrogen) atoms. The third-order valence-corrected chi connectivity index (χ3v) is 8.57. The summed E-state index contributed by atoms with van der Waals surface area (Å²) in [6, 6.07) is 8.32. The van der Waals surface area contributed by atoms with E-state index in [-0.39, 0.29) is 22.1 Å². The monoisotopic (exact) mass is 577 g/mol. The number of anilines is 2. The number of nitrogen functional groups attached to an aromatic ring is 1. The minimum atomic E-state index is -3.84. The zero-order valence-corrected chi connectivity index (χ0v) is 23.2. The number of aromatic nitrogens is 2. The Morgan fingerprint density at radius 2 is 1.86 bits per heavy atom. The molecule has 1 saturated carbocycles. The van der Waals surface area contributed by atoms with Crippen LogP contribution in [0.4, 0.5) is 16.2 Å². The molecule has 0 unspecified atom stereocenters. The molecule has 2 aromatic heterocycles. The number of rotatable bonds is 5. The number of fused-ring (bicyclic) bond motifs is 1. The molecule has 1 aliphatic carbocycles. The molecule has 0 atom stereocenters. The van der Waals surface area contributed by atoms with E-state index in [2.05, 4.69) is 31.5 Å². The van der Waals surface area contributed by atoms with Crippen LogP contribution in [0.25, 0.3) is 11.0 Å². The van der Waals surface area contributed by atoms with E-state index in [1.165, 1.54) is 16.4 Å². The number of benzene rings is 1. The van der Waals surface area contributed by atoms with Gasteiger partial charge in [0.1, 0.15) is 5.60 Å². The van der Waals surface area contributed by atoms with Crippen molar-refractivity contribution in [2.75, 3.05) is 11.1 Å². The molecule has 11 heteroatoms. The lowest BCUT2D eigenvalue weighted by atomic mass is 9.81. The van der Waals surface area contributed by atoms with Crippen molar-refractivity contribution in [3.63, 3.8) is 0 Å². The van der Waals surface area contributed by atoms with Gasteiger partial charge in [-0.25, -0.2) is 22.2 Å². The average molecular weight is 579 g/mol. The number of pyridine rings is 1. The van der Waals surface area contributed by atoms with Crippen molar-refractivity contribution in [1.82, 2.24) is 14.3 Å². The number of halogens is 1. The summed E-state index contributed by atoms with van der Waals surface area (Å²) in [6.45, 7) is 7.54. The Morgan fingerprint density at radius 3 is 2.47 bits per heavy atom. The van der Waals surface area contributed by atoms with Gasteiger partial charge in [-0.05, 0) is 81.4 Å². The molecule has 0 radical (unpaired) electrons. The van der Waals surface area contributed by atoms with Gasteiger partial charge in [0.05, 0.1) is 27.9 Å². The van der Waals surface area contributed by atoms with Gasteiger partial charge >= 0.3 is 6.09 Å². The van der Waals surface area contributed by atoms with Crippen molar-refractivity contribution in [1.29, 1.82) is 0 Å². The third kappa shape index (κ3) is 5.46. The lowest BCUT2D eigenvalue weighted by Gasteiger charge is -2.39. The second kappa shape index (κ2) is 9.59. The van der Waals surface area contributed by atoms with E-state index in [1.807, 2.05) is 27.7 Å². The van der Waals surface area contributed by atoms with Crippen LogP contribution in [-0.4, -0.2) is 40.6 Å². The first-order valence-corrected chi connectivity index (χ1v) is 14.1. The Kier molecular flexibility index (Phi) is 7.00. The number of hydrogen-bond acceptors (Lipinski definition) is 7. The molecule has 1 amide bonds. The molecule has 0 bridgehead atoms. The lowest BCUT2D eigenvalue weighted by Crippen LogP contribution is -2.51. The molecule has 9 nitrogen and oxygen atoms in total. The number of amides is 1. The molecule has 0 spiro atoms. The van der Waals surface area contributed by atoms with E-state index in [9.17, 15) is 13.2 Å². The summed E-state index contributed by atoms with van der Waals surface area (Å²) in [5.74, 6) is 0. The molecule has 2 heterocycles. The number of carbonyl (C=O) groups is 1. The summed E-state index contributed by atoms with van der Waals surface area (Å²) in [6.07, 6.45) is 5.65. The largest absolute Gasteiger partial charge is 0.444 e. The Balaban J connectivity index is 1.56. The molecular formula is C25H32BrN5O4S. The second-order valence-electron chi connectivity index (χ2n) is 10.5. The maximum Gasteiger partial charge on any atom is 0.408 e. The molecule has 0 aliphatic heterocycles. The minimum Gasteiger partial charge on any atom is -0.444 e. The fourth-order valence-corrected chi connectivity index (χ4v) is 6.52. The van der Waals surface area contributed by atoms with Crippen LogP contribution in [0.2, 0.25) is 0 Å². The fraction of sp³-hybridized carbons (Fsp3) is 0.440. The fourth-order valence-electron chi connectivity index (χ4n) is 4.46. The van der Waals surface area contributed by atoms with E-state index in [1.54, 1.807) is 30.3 Å². The molecule has 194 valence electrons. The van der Waals surface area contributed by atoms with E-state index in [0.717, 1.165) is 25.7 Å². The summed E-state index contributed by atoms with van der Waals surface area (Å²) in [7, 11) is -3.84. The zero-order chi connectivity index (χ0) is 26.3. The lowest BCUT2D eigenvalue weighted by molar-refractivity contribution is 0.0436. The van der Waals surface area contributed by atoms with Crippen LogP contribution in [-0.2, 0) is 14.8 Å². The minimum absolute atomic E-state index is 0.0902. The van der Waals surface area contributed by atoms with Gasteiger partial charge < -0.3 is 21.1 Å². The summed E-state index contributed by atoms with van der Waals surface area (Å²) in [5.41, 5.74) is 6.74. The molecule has 0 saturated heterocycles. The molecular weight excluding hydrogens is 546 g/mol. The molecule has 3 aromatic rings. The number of carbonyl (C=O) groups excluding carboxylic acids is 1. The second-order valence-corrected chi connectivity index (χ2v) is 13.2. The topological polar surface area (TPSA) is 128 Å². The smallest absolute Gasteiger partial charge is 0.408 e. The van der Waals surface area contributed by atoms with Crippen molar-refractivity contribution < 1.29 is 17.9 Å². The predicted octanol–water partition coefficient (Wildman–Crippen LogP) is 5.26. The Hall–Kier alpha value is -2.79. The third-order valence-electron chi connectivity index (χ3n) is 6.31. The predicted molar refractivity (Wildman–Crippen MR) is 145 cm³/mol. The van der Waals surface area contributed by atoms with Crippen molar-refractivity contribution >= 4 is 54.5 Å². The van der Waals surface area contributed by atoms with Crippen molar-refractivity contribution in [2.24, 2.45) is 0 Å². The summed E-state index contributed by atoms with van der Waals surface area (Å²) in [5, 5.41) is 7.15. The normalized spacial score (nSPS) is 20.8. The van der Waals surface area contributed by atoms with E-state index in [0.29, 0.717) is 21.2 Å². The number of nitrogens with one attached hydrogen (secondary N) is 2. The van der Waals surface area contributed by atoms with Gasteiger partial charge in [-0.15, -0.1) is 0 Å². The Bertz CT molecular complexity index is 1370. The maximum atomic E-state index is 13.3. The van der Waals surface area contributed by atoms with E-state index in [4.69, 9.17) is 10.5 Å². The van der Waals surface area contributed by atoms with E-state index < -0.39 is 21.7 Å². The number of hydrogen-bond donors (Lipinski definition) is 3. The first-order chi connectivity index (χ1) is 16.8. The van der Waals surface area contributed by atoms with Crippen molar-refractivity contribution in [3.8, 4) is 0 Å². The van der Waals surface area contributed by atoms with Crippen molar-refractivity contribution in [3.05, 3.63) is 47.2 Å². The first kappa shape index (κ1) is 26.3. The zero-order valence-electron chi connectivity index (χ0n) is 20.8. The molecule has 4 N–H and O–H groups in total. The van der Waals surface area contributed by atoms with Crippen LogP contribution in [0.3, 0.4) is 0 Å². The van der Waals surface area contributed by atoms with Gasteiger partial charge in [0.15, 0.2) is 5.65 Å². The molecule has 1 aromatic carbocycles. The number of nitrogens with zero attached hydrogens (tertiary/aromatic N) is 2. The van der Waals surface area contributed by atoms with Crippen LogP contribution >= 0.6 is 15.9 Å². The van der Waals surface area contributed by atoms with Gasteiger partial charge in [-0.1, -0.05) is 18.2 Å². The number of ether oxygens (including phenoxy) is 1. The Morgan fingerprint density at radius 1 is 1.22 bits per heavy atom. The van der Waals surface area contributed by atoms with Gasteiger partial charge in [0, 0.05) is 22.3 Å². The first-order valence-electron chi connectivity index (χ1n) is 11.8. The summed E-state index contributed by atoms with van der Waals surface area (Å²) < 4.78 is 33.8. The van der Waals surface area contributed by atoms with Crippen molar-refractivity contribution in [2.45, 2.75) is 75.5 Å². The maximum absolute atomic E-state index is 13.3. The quantitative estimate of drug-likeness (QED) is 0.377. The van der Waals surface area contributed by atoms with Crippen LogP contribution in [0.1, 0.15) is 53.4 Å². The molecule has 1 aliphatic rings. The number of nitrogens with two attached hydrogens (primary N) is 1. The summed E-state index contributed by atoms with van der Waals surface area (Å²) in [4.78, 5) is 16.8. The standard InChI is InChI=1S/C25H32BrN5O4S/c1-24(2,3)35-23(32)30-25(4)12-10-16(11-13-25)29-21-19(27)14-28-22-20(21)18(26)15-31(22)36(33,34)17-8-6-5-7-9-17/h5-9,14-16H,10-13,27H2,1-4H3,(H,28,29)(H,30,32). The van der Waals surface area contributed by atoms with Gasteiger partial charge in [0.2, 0.25) is 0 Å². The van der Waals surface area contributed by atoms with Gasteiger partial charge in [-0.3, -0.25) is 0 Å². The molecule has 4 rings (SSSR count). The number of alkyl carbamates (subject to hydrolysis) is 1. The molecule has 1 fully saturated rings. The van der Waals surface area contributed by atoms with E-state index >= 15 is 0 Å². The van der Waals surface area contributed by atoms with Gasteiger partial charge in [0.25, 0.3) is 10.0 Å². The van der Waals surface area contributed by atoms with Crippen LogP contribution < -0.4 is 16.4 Å². The van der Waals surface area contributed by atoms with Crippen LogP contribution in [0.5, 0.6) is 0 Å². The average Bonchev–Trinajstić information content (AvgIpc) is 3.13. The van der Waals surface area contributed by atoms with Gasteiger partial charge in [-0.2, -0.15) is 0 Å². The SMILES string of the molecule is CC1(NC(=O)OC(C)(C)C)CCC(Nc2c(N)cnc3c2c(Br)cn3S(=O)(=O)c2ccccc2)CC1. The highest BCUT2D eigenvalue weighted by Crippen LogP contribution is 2.39. The summed E-state index contributed by atoms with van der Waals surface area (Å²) >= 11 is 3.52. The highest BCUT2D eigenvalue weighted by molar-refractivity contribution is 9.10. The highest BCUT2D eigenvalue weighted by Gasteiger charge is 2.34. The Labute approximate surface area is 220 Å². The van der Waals surface area contributed by atoms with Crippen LogP contribution in [0, 0.1) is 0 Å².